The van der Waals surface area contributed by atoms with Gasteiger partial charge in [-0.2, -0.15) is 0 Å². The summed E-state index contributed by atoms with van der Waals surface area (Å²) in [4.78, 5) is 71.0. The summed E-state index contributed by atoms with van der Waals surface area (Å²) in [5.41, 5.74) is 17.1. The molecule has 0 aromatic heterocycles. The quantitative estimate of drug-likeness (QED) is 0.0518. The molecule has 1 aliphatic heterocycles. The van der Waals surface area contributed by atoms with Crippen molar-refractivity contribution in [2.45, 2.75) is 187 Å². The zero-order valence-electron chi connectivity index (χ0n) is 42.8. The van der Waals surface area contributed by atoms with E-state index in [1.54, 1.807) is 0 Å². The van der Waals surface area contributed by atoms with Gasteiger partial charge in [0.25, 0.3) is 0 Å². The molecular weight excluding hydrogens is 930 g/mol. The van der Waals surface area contributed by atoms with Gasteiger partial charge in [-0.05, 0) is 111 Å². The molecular formula is C49H86N5O15P. The standard InChI is InChI=1S/C29H52NO4P.C20H34N4O11/c1-20(2)7-6-8-21(3)25-11-12-26-24-10-9-22-19-23(34-35(31,32)33-18-17-30)13-15-28(22,4)27(24)14-16-29(25,26)5;1-4-11(26)24(3)20(2,19(33)23-9(18(22)32)5-6-12(27)28)17-14(21)16(34-8-13(29)30)15(31)10(7-25)35-17/h9,20-21,23-27H,6-8,10-19,30H2,1-5H3,(H,31,32);9-10,14-17,25,31H,4-8,21H2,1-3H3,(H2,22,32)(H,23,33)(H,27,28)(H,29,30)/t21-,23+,24+,25-,26+,27+,28+,29-;9-,10+,14+,15+,16+,17?,20+/m10/s1. The molecule has 0 radical (unpaired) electrons. The molecule has 1 heterocycles. The van der Waals surface area contributed by atoms with E-state index in [-0.39, 0.29) is 37.5 Å². The van der Waals surface area contributed by atoms with Crippen molar-refractivity contribution in [3.8, 4) is 0 Å². The fraction of sp³-hybridized carbons (Fsp3) is 0.857. The smallest absolute Gasteiger partial charge is 0.472 e. The molecule has 4 fully saturated rings. The normalized spacial score (nSPS) is 34.1. The van der Waals surface area contributed by atoms with Crippen LogP contribution in [0, 0.1) is 46.3 Å². The minimum atomic E-state index is -4.04. The van der Waals surface area contributed by atoms with E-state index in [0.29, 0.717) is 5.41 Å². The number of aliphatic hydroxyl groups is 2. The van der Waals surface area contributed by atoms with Crippen LogP contribution in [0.4, 0.5) is 0 Å². The number of primary amides is 1. The molecule has 16 atom stereocenters. The van der Waals surface area contributed by atoms with E-state index < -0.39 is 99.2 Å². The molecule has 0 aromatic rings. The zero-order chi connectivity index (χ0) is 52.5. The fourth-order valence-corrected chi connectivity index (χ4v) is 13.9. The lowest BCUT2D eigenvalue weighted by Gasteiger charge is -2.58. The molecule has 5 aliphatic rings. The zero-order valence-corrected chi connectivity index (χ0v) is 43.7. The first kappa shape index (κ1) is 59.5. The number of allylic oxidation sites excluding steroid dienone is 1. The number of carboxylic acid groups (broad SMARTS) is 2. The van der Waals surface area contributed by atoms with Crippen LogP contribution >= 0.6 is 7.82 Å². The molecule has 0 aromatic carbocycles. The van der Waals surface area contributed by atoms with Crippen LogP contribution in [0.2, 0.25) is 0 Å². The predicted molar refractivity (Wildman–Crippen MR) is 259 cm³/mol. The molecule has 2 unspecified atom stereocenters. The molecule has 0 spiro atoms. The van der Waals surface area contributed by atoms with E-state index in [4.69, 9.17) is 45.9 Å². The van der Waals surface area contributed by atoms with Gasteiger partial charge in [0.15, 0.2) is 0 Å². The summed E-state index contributed by atoms with van der Waals surface area (Å²) < 4.78 is 33.8. The van der Waals surface area contributed by atoms with E-state index in [2.05, 4.69) is 46.0 Å². The Hall–Kier alpha value is -3.04. The Balaban J connectivity index is 0.000000305. The van der Waals surface area contributed by atoms with Gasteiger partial charge in [0.2, 0.25) is 17.7 Å². The summed E-state index contributed by atoms with van der Waals surface area (Å²) >= 11 is 0. The maximum Gasteiger partial charge on any atom is 0.472 e. The van der Waals surface area contributed by atoms with Gasteiger partial charge in [-0.25, -0.2) is 9.36 Å². The number of fused-ring (bicyclic) bond motifs is 5. The summed E-state index contributed by atoms with van der Waals surface area (Å²) in [5, 5.41) is 40.4. The van der Waals surface area contributed by atoms with Crippen molar-refractivity contribution in [1.29, 1.82) is 0 Å². The maximum absolute atomic E-state index is 13.5. The number of hydrogen-bond donors (Lipinski definition) is 9. The number of phosphoric ester groups is 1. The first-order valence-electron chi connectivity index (χ1n) is 25.4. The van der Waals surface area contributed by atoms with Crippen LogP contribution in [0.25, 0.3) is 0 Å². The summed E-state index contributed by atoms with van der Waals surface area (Å²) in [6, 6.07) is -2.80. The van der Waals surface area contributed by atoms with E-state index in [1.807, 2.05) is 0 Å². The average Bonchev–Trinajstić information content (AvgIpc) is 3.66. The summed E-state index contributed by atoms with van der Waals surface area (Å²) in [6.45, 7) is 13.8. The highest BCUT2D eigenvalue weighted by atomic mass is 31.2. The van der Waals surface area contributed by atoms with Gasteiger partial charge in [-0.3, -0.25) is 28.2 Å². The number of nitrogens with one attached hydrogen (secondary N) is 1. The predicted octanol–water partition coefficient (Wildman–Crippen LogP) is 3.85. The van der Waals surface area contributed by atoms with Crippen molar-refractivity contribution in [2.24, 2.45) is 63.5 Å². The Morgan fingerprint density at radius 2 is 1.71 bits per heavy atom. The average molecular weight is 1020 g/mol. The SMILES string of the molecule is CC(C)CCC[C@@H](C)[C@H]1CC[C@H]2[C@@H]3CC=C4C[C@@H](OP(=O)(O)OCCN)CC[C@]4(C)[C@H]3CC[C@]12C.CCC(=O)N(C)[C@@](C)(C(=O)N[C@@H](CCC(=O)O)C(N)=O)C1O[C@H](CO)[C@@H](O)[C@H](OCC(=O)O)[C@H]1N. The van der Waals surface area contributed by atoms with Crippen LogP contribution in [0.15, 0.2) is 11.6 Å². The highest BCUT2D eigenvalue weighted by molar-refractivity contribution is 7.47. The van der Waals surface area contributed by atoms with Crippen LogP contribution in [-0.2, 0) is 47.1 Å². The van der Waals surface area contributed by atoms with Crippen molar-refractivity contribution >= 4 is 37.5 Å². The highest BCUT2D eigenvalue weighted by Gasteiger charge is 2.60. The molecule has 4 aliphatic carbocycles. The van der Waals surface area contributed by atoms with Gasteiger partial charge in [0, 0.05) is 26.4 Å². The number of aliphatic hydroxyl groups excluding tert-OH is 2. The number of ether oxygens (including phenoxy) is 2. The Bertz CT molecular complexity index is 1890. The van der Waals surface area contributed by atoms with Gasteiger partial charge in [0.05, 0.1) is 25.4 Å². The number of rotatable bonds is 23. The Morgan fingerprint density at radius 3 is 2.30 bits per heavy atom. The molecule has 70 heavy (non-hydrogen) atoms. The van der Waals surface area contributed by atoms with Gasteiger partial charge >= 0.3 is 19.8 Å². The lowest BCUT2D eigenvalue weighted by Crippen LogP contribution is -2.75. The fourth-order valence-electron chi connectivity index (χ4n) is 13.0. The number of carboxylic acids is 2. The monoisotopic (exact) mass is 1020 g/mol. The number of nitrogens with zero attached hydrogens (tertiary/aromatic N) is 1. The number of aliphatic carboxylic acids is 2. The summed E-state index contributed by atoms with van der Waals surface area (Å²) in [7, 11) is -2.77. The van der Waals surface area contributed by atoms with Crippen LogP contribution in [0.3, 0.4) is 0 Å². The van der Waals surface area contributed by atoms with Crippen LogP contribution in [0.5, 0.6) is 0 Å². The first-order chi connectivity index (χ1) is 32.7. The minimum absolute atomic E-state index is 0.0438. The number of phosphoric acid groups is 1. The lowest BCUT2D eigenvalue weighted by molar-refractivity contribution is -0.228. The molecule has 402 valence electrons. The second-order valence-corrected chi connectivity index (χ2v) is 23.1. The Morgan fingerprint density at radius 1 is 1.03 bits per heavy atom. The van der Waals surface area contributed by atoms with Crippen molar-refractivity contribution in [3.63, 3.8) is 0 Å². The van der Waals surface area contributed by atoms with Gasteiger partial charge < -0.3 is 62.2 Å². The molecule has 0 bridgehead atoms. The van der Waals surface area contributed by atoms with Gasteiger partial charge in [0.1, 0.15) is 42.6 Å². The van der Waals surface area contributed by atoms with Crippen LogP contribution < -0.4 is 22.5 Å². The molecule has 3 saturated carbocycles. The van der Waals surface area contributed by atoms with E-state index in [1.165, 1.54) is 77.8 Å². The van der Waals surface area contributed by atoms with Gasteiger partial charge in [-0.1, -0.05) is 72.5 Å². The Kier molecular flexibility index (Phi) is 21.5. The molecule has 21 heteroatoms. The second kappa shape index (κ2) is 25.3. The number of amides is 3. The second-order valence-electron chi connectivity index (χ2n) is 21.7. The Labute approximate surface area is 414 Å². The minimum Gasteiger partial charge on any atom is -0.481 e. The highest BCUT2D eigenvalue weighted by Crippen LogP contribution is 2.67. The topological polar surface area (TPSA) is 334 Å². The number of carbonyl (C=O) groups excluding carboxylic acids is 3. The molecule has 5 rings (SSSR count). The molecule has 3 amide bonds. The largest absolute Gasteiger partial charge is 0.481 e. The molecule has 1 saturated heterocycles. The van der Waals surface area contributed by atoms with Gasteiger partial charge in [-0.15, -0.1) is 0 Å². The summed E-state index contributed by atoms with van der Waals surface area (Å²) in [6.07, 6.45) is 9.05. The number of likely N-dealkylation sites (N-methyl/N-ethyl adjacent to an activating group) is 1. The number of carbonyl (C=O) groups is 5. The maximum atomic E-state index is 13.5. The molecule has 12 N–H and O–H groups in total. The van der Waals surface area contributed by atoms with Crippen LogP contribution in [-0.4, -0.2) is 141 Å². The van der Waals surface area contributed by atoms with E-state index in [0.717, 1.165) is 59.7 Å². The summed E-state index contributed by atoms with van der Waals surface area (Å²) in [5.74, 6) is -0.222. The van der Waals surface area contributed by atoms with Crippen molar-refractivity contribution in [2.75, 3.05) is 33.4 Å². The van der Waals surface area contributed by atoms with Crippen LogP contribution in [0.1, 0.15) is 138 Å². The van der Waals surface area contributed by atoms with Crippen molar-refractivity contribution < 1.29 is 72.4 Å². The number of nitrogens with two attached hydrogens (primary N) is 3. The van der Waals surface area contributed by atoms with Crippen molar-refractivity contribution in [1.82, 2.24) is 10.2 Å². The third-order valence-electron chi connectivity index (χ3n) is 16.9. The third kappa shape index (κ3) is 13.8. The van der Waals surface area contributed by atoms with E-state index >= 15 is 0 Å². The number of hydrogen-bond acceptors (Lipinski definition) is 14. The van der Waals surface area contributed by atoms with Crippen molar-refractivity contribution in [3.05, 3.63) is 11.6 Å². The lowest BCUT2D eigenvalue weighted by atomic mass is 9.47. The first-order valence-corrected chi connectivity index (χ1v) is 26.9. The molecule has 20 nitrogen and oxygen atoms in total. The third-order valence-corrected chi connectivity index (χ3v) is 18.0. The van der Waals surface area contributed by atoms with E-state index in [9.17, 15) is 43.6 Å².